The predicted octanol–water partition coefficient (Wildman–Crippen LogP) is 4.41. The molecule has 0 radical (unpaired) electrons. The van der Waals surface area contributed by atoms with Crippen LogP contribution in [0.5, 0.6) is 0 Å². The van der Waals surface area contributed by atoms with Crippen molar-refractivity contribution in [1.82, 2.24) is 5.32 Å². The lowest BCUT2D eigenvalue weighted by Gasteiger charge is -2.25. The van der Waals surface area contributed by atoms with E-state index in [1.807, 2.05) is 39.8 Å². The van der Waals surface area contributed by atoms with E-state index in [9.17, 15) is 13.2 Å². The molecule has 0 aromatic heterocycles. The van der Waals surface area contributed by atoms with Gasteiger partial charge in [-0.1, -0.05) is 41.1 Å². The molecule has 1 atom stereocenters. The molecule has 0 spiro atoms. The molecule has 1 unspecified atom stereocenters. The highest BCUT2D eigenvalue weighted by atomic mass is 79.9. The van der Waals surface area contributed by atoms with E-state index in [1.54, 1.807) is 18.2 Å². The van der Waals surface area contributed by atoms with Crippen molar-refractivity contribution < 1.29 is 13.2 Å². The first-order valence-electron chi connectivity index (χ1n) is 9.13. The number of nitrogens with one attached hydrogen (secondary N) is 1. The summed E-state index contributed by atoms with van der Waals surface area (Å²) in [5.41, 5.74) is 4.74. The third-order valence-corrected chi connectivity index (χ3v) is 6.82. The van der Waals surface area contributed by atoms with Crippen molar-refractivity contribution in [1.29, 1.82) is 0 Å². The fourth-order valence-corrected chi connectivity index (χ4v) is 4.05. The van der Waals surface area contributed by atoms with Gasteiger partial charge in [0.15, 0.2) is 0 Å². The van der Waals surface area contributed by atoms with Gasteiger partial charge in [-0.3, -0.25) is 9.10 Å². The predicted molar refractivity (Wildman–Crippen MR) is 118 cm³/mol. The quantitative estimate of drug-likeness (QED) is 0.656. The van der Waals surface area contributed by atoms with Crippen LogP contribution in [0.25, 0.3) is 0 Å². The van der Waals surface area contributed by atoms with Gasteiger partial charge < -0.3 is 5.32 Å². The molecule has 1 N–H and O–H groups in total. The zero-order valence-corrected chi connectivity index (χ0v) is 19.3. The molecule has 2 aromatic rings. The number of carbonyl (C=O) groups is 1. The van der Waals surface area contributed by atoms with Crippen LogP contribution in [0.3, 0.4) is 0 Å². The van der Waals surface area contributed by atoms with Gasteiger partial charge in [-0.05, 0) is 67.6 Å². The second-order valence-electron chi connectivity index (χ2n) is 7.08. The van der Waals surface area contributed by atoms with Crippen molar-refractivity contribution in [2.24, 2.45) is 0 Å². The van der Waals surface area contributed by atoms with Gasteiger partial charge in [0, 0.05) is 4.47 Å². The van der Waals surface area contributed by atoms with Gasteiger partial charge in [0.1, 0.15) is 6.54 Å². The zero-order chi connectivity index (χ0) is 21.1. The molecule has 28 heavy (non-hydrogen) atoms. The number of hydrogen-bond donors (Lipinski definition) is 1. The summed E-state index contributed by atoms with van der Waals surface area (Å²) in [4.78, 5) is 12.7. The highest BCUT2D eigenvalue weighted by Gasteiger charge is 2.23. The number of sulfonamides is 1. The number of amides is 1. The van der Waals surface area contributed by atoms with Crippen LogP contribution in [0.1, 0.15) is 41.6 Å². The number of carbonyl (C=O) groups excluding carboxylic acids is 1. The molecule has 5 nitrogen and oxygen atoms in total. The minimum atomic E-state index is -3.60. The fourth-order valence-electron chi connectivity index (χ4n) is 2.96. The Labute approximate surface area is 176 Å². The Morgan fingerprint density at radius 1 is 1.07 bits per heavy atom. The molecule has 1 amide bonds. The summed E-state index contributed by atoms with van der Waals surface area (Å²) in [5, 5.41) is 2.97. The van der Waals surface area contributed by atoms with Crippen LogP contribution in [-0.4, -0.2) is 27.1 Å². The van der Waals surface area contributed by atoms with Crippen molar-refractivity contribution >= 4 is 37.5 Å². The molecular formula is C21H27BrN2O3S. The van der Waals surface area contributed by atoms with Gasteiger partial charge in [-0.25, -0.2) is 8.42 Å². The van der Waals surface area contributed by atoms with Gasteiger partial charge in [-0.15, -0.1) is 0 Å². The molecule has 0 saturated carbocycles. The minimum Gasteiger partial charge on any atom is -0.348 e. The first-order chi connectivity index (χ1) is 13.0. The average molecular weight is 467 g/mol. The third-order valence-electron chi connectivity index (χ3n) is 4.79. The van der Waals surface area contributed by atoms with Crippen molar-refractivity contribution in [2.45, 2.75) is 40.2 Å². The molecular weight excluding hydrogens is 440 g/mol. The van der Waals surface area contributed by atoms with E-state index >= 15 is 0 Å². The number of aryl methyl sites for hydroxylation is 3. The number of anilines is 1. The molecule has 0 aliphatic carbocycles. The normalized spacial score (nSPS) is 12.5. The van der Waals surface area contributed by atoms with Crippen molar-refractivity contribution in [3.05, 3.63) is 63.1 Å². The highest BCUT2D eigenvalue weighted by Crippen LogP contribution is 2.25. The minimum absolute atomic E-state index is 0.167. The lowest BCUT2D eigenvalue weighted by molar-refractivity contribution is -0.120. The number of rotatable bonds is 7. The average Bonchev–Trinajstić information content (AvgIpc) is 2.61. The van der Waals surface area contributed by atoms with E-state index in [2.05, 4.69) is 27.3 Å². The van der Waals surface area contributed by atoms with E-state index in [0.717, 1.165) is 31.7 Å². The highest BCUT2D eigenvalue weighted by molar-refractivity contribution is 9.10. The SMILES string of the molecule is CCC(NC(=O)CN(c1ccc(Br)c(C)c1)S(C)(=O)=O)c1ccc(C)c(C)c1. The molecule has 0 saturated heterocycles. The van der Waals surface area contributed by atoms with Crippen LogP contribution < -0.4 is 9.62 Å². The Morgan fingerprint density at radius 3 is 2.29 bits per heavy atom. The zero-order valence-electron chi connectivity index (χ0n) is 16.9. The van der Waals surface area contributed by atoms with E-state index in [0.29, 0.717) is 12.1 Å². The van der Waals surface area contributed by atoms with Crippen LogP contribution in [0, 0.1) is 20.8 Å². The summed E-state index contributed by atoms with van der Waals surface area (Å²) in [5.74, 6) is -0.337. The van der Waals surface area contributed by atoms with Gasteiger partial charge in [-0.2, -0.15) is 0 Å². The van der Waals surface area contributed by atoms with Crippen LogP contribution in [0.2, 0.25) is 0 Å². The van der Waals surface area contributed by atoms with E-state index in [4.69, 9.17) is 0 Å². The summed E-state index contributed by atoms with van der Waals surface area (Å²) in [6.07, 6.45) is 1.82. The van der Waals surface area contributed by atoms with E-state index < -0.39 is 10.0 Å². The van der Waals surface area contributed by atoms with Gasteiger partial charge in [0.05, 0.1) is 18.0 Å². The summed E-state index contributed by atoms with van der Waals surface area (Å²) in [6.45, 7) is 7.69. The molecule has 0 bridgehead atoms. The molecule has 2 rings (SSSR count). The molecule has 0 fully saturated rings. The van der Waals surface area contributed by atoms with Crippen LogP contribution in [-0.2, 0) is 14.8 Å². The standard InChI is InChI=1S/C21H27BrN2O3S/c1-6-20(17-8-7-14(2)15(3)11-17)23-21(25)13-24(28(5,26)27)18-9-10-19(22)16(4)12-18/h7-12,20H,6,13H2,1-5H3,(H,23,25). The second-order valence-corrected chi connectivity index (χ2v) is 9.84. The Morgan fingerprint density at radius 2 is 1.75 bits per heavy atom. The largest absolute Gasteiger partial charge is 0.348 e. The second kappa shape index (κ2) is 9.09. The molecule has 152 valence electrons. The fraction of sp³-hybridized carbons (Fsp3) is 0.381. The maximum Gasteiger partial charge on any atom is 0.241 e. The third kappa shape index (κ3) is 5.58. The number of nitrogens with zero attached hydrogens (tertiary/aromatic N) is 1. The number of hydrogen-bond acceptors (Lipinski definition) is 3. The number of halogens is 1. The molecule has 7 heteroatoms. The van der Waals surface area contributed by atoms with E-state index in [-0.39, 0.29) is 18.5 Å². The molecule has 0 heterocycles. The maximum atomic E-state index is 12.7. The summed E-state index contributed by atoms with van der Waals surface area (Å²) >= 11 is 3.41. The van der Waals surface area contributed by atoms with Crippen molar-refractivity contribution in [3.8, 4) is 0 Å². The lowest BCUT2D eigenvalue weighted by atomic mass is 9.99. The van der Waals surface area contributed by atoms with Crippen LogP contribution >= 0.6 is 15.9 Å². The van der Waals surface area contributed by atoms with E-state index in [1.165, 1.54) is 5.56 Å². The molecule has 0 aliphatic rings. The summed E-state index contributed by atoms with van der Waals surface area (Å²) in [7, 11) is -3.60. The Kier molecular flexibility index (Phi) is 7.28. The van der Waals surface area contributed by atoms with Crippen molar-refractivity contribution in [2.75, 3.05) is 17.1 Å². The number of benzene rings is 2. The van der Waals surface area contributed by atoms with Gasteiger partial charge >= 0.3 is 0 Å². The first-order valence-corrected chi connectivity index (χ1v) is 11.8. The summed E-state index contributed by atoms with van der Waals surface area (Å²) < 4.78 is 26.6. The summed E-state index contributed by atoms with van der Waals surface area (Å²) in [6, 6.07) is 11.2. The molecule has 2 aromatic carbocycles. The van der Waals surface area contributed by atoms with Crippen molar-refractivity contribution in [3.63, 3.8) is 0 Å². The topological polar surface area (TPSA) is 66.5 Å². The Bertz CT molecular complexity index is 974. The smallest absolute Gasteiger partial charge is 0.241 e. The maximum absolute atomic E-state index is 12.7. The van der Waals surface area contributed by atoms with Gasteiger partial charge in [0.25, 0.3) is 0 Å². The Hall–Kier alpha value is -1.86. The molecule has 0 aliphatic heterocycles. The van der Waals surface area contributed by atoms with Gasteiger partial charge in [0.2, 0.25) is 15.9 Å². The lowest BCUT2D eigenvalue weighted by Crippen LogP contribution is -2.41. The van der Waals surface area contributed by atoms with Crippen LogP contribution in [0.4, 0.5) is 5.69 Å². The Balaban J connectivity index is 2.22. The monoisotopic (exact) mass is 466 g/mol. The first kappa shape index (κ1) is 22.4. The van der Waals surface area contributed by atoms with Crippen LogP contribution in [0.15, 0.2) is 40.9 Å².